The Balaban J connectivity index is 2.92. The number of nitrogens with zero attached hydrogens (tertiary/aromatic N) is 1. The maximum Gasteiger partial charge on any atom is 0.383 e. The zero-order valence-electron chi connectivity index (χ0n) is 9.58. The number of alkyl halides is 4. The van der Waals surface area contributed by atoms with Gasteiger partial charge in [0.05, 0.1) is 0 Å². The van der Waals surface area contributed by atoms with Crippen molar-refractivity contribution in [3.05, 3.63) is 0 Å². The number of carbonyl (C=O) groups is 2. The lowest BCUT2D eigenvalue weighted by molar-refractivity contribution is -0.187. The van der Waals surface area contributed by atoms with Gasteiger partial charge in [-0.25, -0.2) is 13.6 Å². The topological polar surface area (TPSA) is 57.6 Å². The lowest BCUT2D eigenvalue weighted by atomic mass is 9.92. The van der Waals surface area contributed by atoms with E-state index in [0.717, 1.165) is 0 Å². The Morgan fingerprint density at radius 2 is 1.94 bits per heavy atom. The molecule has 1 fully saturated rings. The van der Waals surface area contributed by atoms with Crippen LogP contribution >= 0.6 is 0 Å². The third-order valence-corrected chi connectivity index (χ3v) is 2.97. The minimum atomic E-state index is -4.84. The summed E-state index contributed by atoms with van der Waals surface area (Å²) in [5.74, 6) is -8.47. The van der Waals surface area contributed by atoms with Crippen LogP contribution in [0.1, 0.15) is 19.8 Å². The summed E-state index contributed by atoms with van der Waals surface area (Å²) in [6.07, 6.45) is -3.84. The molecule has 1 N–H and O–H groups in total. The first-order valence-electron chi connectivity index (χ1n) is 5.37. The third kappa shape index (κ3) is 2.73. The van der Waals surface area contributed by atoms with E-state index in [1.165, 1.54) is 0 Å². The van der Waals surface area contributed by atoms with E-state index in [2.05, 4.69) is 0 Å². The van der Waals surface area contributed by atoms with E-state index in [4.69, 9.17) is 5.11 Å². The molecule has 4 nitrogen and oxygen atoms in total. The Morgan fingerprint density at radius 3 is 2.39 bits per heavy atom. The molecule has 0 aromatic rings. The first kappa shape index (κ1) is 14.7. The smallest absolute Gasteiger partial charge is 0.383 e. The van der Waals surface area contributed by atoms with Crippen molar-refractivity contribution in [2.24, 2.45) is 5.92 Å². The number of carbonyl (C=O) groups excluding carboxylic acids is 1. The van der Waals surface area contributed by atoms with Crippen molar-refractivity contribution in [3.63, 3.8) is 0 Å². The van der Waals surface area contributed by atoms with E-state index >= 15 is 0 Å². The normalized spacial score (nSPS) is 25.3. The molecule has 104 valence electrons. The fourth-order valence-corrected chi connectivity index (χ4v) is 1.90. The van der Waals surface area contributed by atoms with Gasteiger partial charge in [0.25, 0.3) is 5.91 Å². The molecule has 0 spiro atoms. The van der Waals surface area contributed by atoms with Crippen LogP contribution in [-0.2, 0) is 9.59 Å². The summed E-state index contributed by atoms with van der Waals surface area (Å²) in [5.41, 5.74) is 0. The molecule has 0 aromatic heterocycles. The molecule has 0 aromatic carbocycles. The predicted molar refractivity (Wildman–Crippen MR) is 52.5 cm³/mol. The van der Waals surface area contributed by atoms with Gasteiger partial charge in [-0.1, -0.05) is 6.92 Å². The van der Waals surface area contributed by atoms with Gasteiger partial charge in [0.1, 0.15) is 6.04 Å². The van der Waals surface area contributed by atoms with Crippen LogP contribution in [-0.4, -0.2) is 46.8 Å². The highest BCUT2D eigenvalue weighted by molar-refractivity contribution is 5.88. The zero-order valence-corrected chi connectivity index (χ0v) is 9.58. The first-order chi connectivity index (χ1) is 8.17. The van der Waals surface area contributed by atoms with E-state index in [0.29, 0.717) is 11.3 Å². The number of rotatable bonds is 3. The molecule has 18 heavy (non-hydrogen) atoms. The first-order valence-corrected chi connectivity index (χ1v) is 5.37. The van der Waals surface area contributed by atoms with Crippen LogP contribution in [0.3, 0.4) is 0 Å². The monoisotopic (exact) mass is 271 g/mol. The number of aliphatic carboxylic acids is 1. The second-order valence-corrected chi connectivity index (χ2v) is 4.41. The van der Waals surface area contributed by atoms with Crippen molar-refractivity contribution in [1.29, 1.82) is 0 Å². The van der Waals surface area contributed by atoms with Crippen LogP contribution in [0.2, 0.25) is 0 Å². The minimum Gasteiger partial charge on any atom is -0.480 e. The van der Waals surface area contributed by atoms with E-state index in [1.807, 2.05) is 0 Å². The lowest BCUT2D eigenvalue weighted by Gasteiger charge is -2.37. The fraction of sp³-hybridized carbons (Fsp3) is 0.800. The highest BCUT2D eigenvalue weighted by Crippen LogP contribution is 2.30. The molecule has 2 atom stereocenters. The van der Waals surface area contributed by atoms with E-state index in [1.54, 1.807) is 6.92 Å². The predicted octanol–water partition coefficient (Wildman–Crippen LogP) is 1.60. The fourth-order valence-electron chi connectivity index (χ4n) is 1.90. The van der Waals surface area contributed by atoms with Crippen molar-refractivity contribution >= 4 is 11.9 Å². The van der Waals surface area contributed by atoms with Crippen molar-refractivity contribution in [2.75, 3.05) is 6.54 Å². The van der Waals surface area contributed by atoms with Crippen LogP contribution < -0.4 is 0 Å². The molecular weight excluding hydrogens is 258 g/mol. The summed E-state index contributed by atoms with van der Waals surface area (Å²) in [6.45, 7) is 1.46. The van der Waals surface area contributed by atoms with Crippen molar-refractivity contribution in [1.82, 2.24) is 4.90 Å². The highest BCUT2D eigenvalue weighted by Gasteiger charge is 2.53. The summed E-state index contributed by atoms with van der Waals surface area (Å²) in [5, 5.41) is 8.85. The Hall–Kier alpha value is -1.34. The number of hydrogen-bond acceptors (Lipinski definition) is 2. The van der Waals surface area contributed by atoms with Gasteiger partial charge in [-0.05, 0) is 18.8 Å². The number of carboxylic acid groups (broad SMARTS) is 1. The molecule has 0 bridgehead atoms. The van der Waals surface area contributed by atoms with Gasteiger partial charge in [0.15, 0.2) is 0 Å². The van der Waals surface area contributed by atoms with Crippen LogP contribution in [0.5, 0.6) is 0 Å². The molecule has 8 heteroatoms. The summed E-state index contributed by atoms with van der Waals surface area (Å²) in [4.78, 5) is 22.5. The van der Waals surface area contributed by atoms with Crippen molar-refractivity contribution in [3.8, 4) is 0 Å². The van der Waals surface area contributed by atoms with Gasteiger partial charge in [0.2, 0.25) is 0 Å². The van der Waals surface area contributed by atoms with Gasteiger partial charge < -0.3 is 10.0 Å². The molecule has 0 aliphatic carbocycles. The molecule has 1 saturated heterocycles. The van der Waals surface area contributed by atoms with Crippen LogP contribution in [0.4, 0.5) is 17.6 Å². The van der Waals surface area contributed by atoms with Gasteiger partial charge in [-0.2, -0.15) is 8.78 Å². The Morgan fingerprint density at radius 1 is 1.39 bits per heavy atom. The van der Waals surface area contributed by atoms with Gasteiger partial charge >= 0.3 is 18.3 Å². The molecule has 1 aliphatic rings. The lowest BCUT2D eigenvalue weighted by Crippen LogP contribution is -2.56. The zero-order chi connectivity index (χ0) is 14.1. The number of hydrogen-bond donors (Lipinski definition) is 1. The maximum atomic E-state index is 12.9. The number of halogens is 4. The largest absolute Gasteiger partial charge is 0.480 e. The van der Waals surface area contributed by atoms with E-state index in [-0.39, 0.29) is 18.9 Å². The van der Waals surface area contributed by atoms with Gasteiger partial charge in [-0.3, -0.25) is 4.79 Å². The standard InChI is InChI=1S/C10H13F4NO3/c1-5-2-3-15(6(4-5)7(16)17)9(18)10(13,14)8(11)12/h5-6,8H,2-4H2,1H3,(H,16,17). The van der Waals surface area contributed by atoms with Gasteiger partial charge in [-0.15, -0.1) is 0 Å². The molecule has 1 rings (SSSR count). The molecule has 0 saturated carbocycles. The van der Waals surface area contributed by atoms with Crippen molar-refractivity contribution < 1.29 is 32.3 Å². The number of piperidine rings is 1. The summed E-state index contributed by atoms with van der Waals surface area (Å²) < 4.78 is 50.0. The minimum absolute atomic E-state index is 0.0135. The number of carboxylic acids is 1. The number of amides is 1. The summed E-state index contributed by atoms with van der Waals surface area (Å²) in [6, 6.07) is -1.47. The Kier molecular flexibility index (Phi) is 4.18. The summed E-state index contributed by atoms with van der Waals surface area (Å²) >= 11 is 0. The average Bonchev–Trinajstić information content (AvgIpc) is 2.27. The molecule has 0 radical (unpaired) electrons. The quantitative estimate of drug-likeness (QED) is 0.793. The van der Waals surface area contributed by atoms with E-state index in [9.17, 15) is 27.2 Å². The third-order valence-electron chi connectivity index (χ3n) is 2.97. The van der Waals surface area contributed by atoms with Crippen molar-refractivity contribution in [2.45, 2.75) is 38.2 Å². The molecule has 1 heterocycles. The van der Waals surface area contributed by atoms with Crippen LogP contribution in [0, 0.1) is 5.92 Å². The van der Waals surface area contributed by atoms with Crippen LogP contribution in [0.25, 0.3) is 0 Å². The number of likely N-dealkylation sites (tertiary alicyclic amines) is 1. The molecular formula is C10H13F4NO3. The molecule has 1 aliphatic heterocycles. The molecule has 2 unspecified atom stereocenters. The van der Waals surface area contributed by atoms with Gasteiger partial charge in [0, 0.05) is 6.54 Å². The maximum absolute atomic E-state index is 12.9. The Bertz CT molecular complexity index is 348. The highest BCUT2D eigenvalue weighted by atomic mass is 19.3. The van der Waals surface area contributed by atoms with Crippen LogP contribution in [0.15, 0.2) is 0 Å². The average molecular weight is 271 g/mol. The second kappa shape index (κ2) is 5.11. The molecule has 1 amide bonds. The Labute approximate surface area is 101 Å². The van der Waals surface area contributed by atoms with E-state index < -0.39 is 30.3 Å². The second-order valence-electron chi connectivity index (χ2n) is 4.41. The SMILES string of the molecule is CC1CCN(C(=O)C(F)(F)C(F)F)C(C(=O)O)C1. The summed E-state index contributed by atoms with van der Waals surface area (Å²) in [7, 11) is 0.